The molecule has 0 radical (unpaired) electrons. The average molecular weight is 235 g/mol. The third kappa shape index (κ3) is 5.50. The van der Waals surface area contributed by atoms with E-state index in [1.54, 1.807) is 0 Å². The van der Waals surface area contributed by atoms with Crippen molar-refractivity contribution in [3.63, 3.8) is 0 Å². The van der Waals surface area contributed by atoms with Gasteiger partial charge < -0.3 is 10.4 Å². The van der Waals surface area contributed by atoms with E-state index in [1.807, 2.05) is 30.3 Å². The molecule has 0 aromatic heterocycles. The maximum atomic E-state index is 11.1. The molecule has 0 unspecified atom stereocenters. The number of benzene rings is 1. The van der Waals surface area contributed by atoms with Gasteiger partial charge in [0.15, 0.2) is 0 Å². The summed E-state index contributed by atoms with van der Waals surface area (Å²) in [5, 5.41) is 12.2. The standard InChI is InChI=1S/C14H21NO2/c1-2-3-7-10-15-13(14(16)17)11-12-8-5-4-6-9-12/h4-6,8-9,13,15H,2-3,7,10-11H2,1H3,(H,16,17)/t13-/m0/s1. The van der Waals surface area contributed by atoms with E-state index in [2.05, 4.69) is 12.2 Å². The predicted molar refractivity (Wildman–Crippen MR) is 69.1 cm³/mol. The summed E-state index contributed by atoms with van der Waals surface area (Å²) in [5.74, 6) is -0.773. The van der Waals surface area contributed by atoms with Crippen molar-refractivity contribution in [2.75, 3.05) is 6.54 Å². The van der Waals surface area contributed by atoms with Crippen LogP contribution in [0, 0.1) is 0 Å². The molecule has 0 amide bonds. The number of carbonyl (C=O) groups is 1. The number of rotatable bonds is 8. The van der Waals surface area contributed by atoms with Crippen LogP contribution in [0.15, 0.2) is 30.3 Å². The molecule has 0 saturated heterocycles. The molecule has 2 N–H and O–H groups in total. The van der Waals surface area contributed by atoms with Crippen molar-refractivity contribution in [1.29, 1.82) is 0 Å². The van der Waals surface area contributed by atoms with E-state index < -0.39 is 12.0 Å². The summed E-state index contributed by atoms with van der Waals surface area (Å²) in [6.45, 7) is 2.91. The predicted octanol–water partition coefficient (Wildman–Crippen LogP) is 2.46. The summed E-state index contributed by atoms with van der Waals surface area (Å²) >= 11 is 0. The maximum Gasteiger partial charge on any atom is 0.321 e. The Bertz CT molecular complexity index is 324. The largest absolute Gasteiger partial charge is 0.480 e. The van der Waals surface area contributed by atoms with Crippen molar-refractivity contribution < 1.29 is 9.90 Å². The zero-order valence-corrected chi connectivity index (χ0v) is 10.4. The van der Waals surface area contributed by atoms with Crippen LogP contribution in [0.1, 0.15) is 31.7 Å². The van der Waals surface area contributed by atoms with Gasteiger partial charge in [0, 0.05) is 0 Å². The second-order valence-electron chi connectivity index (χ2n) is 4.24. The van der Waals surface area contributed by atoms with E-state index in [0.717, 1.165) is 31.4 Å². The molecule has 0 heterocycles. The molecule has 0 saturated carbocycles. The number of hydrogen-bond acceptors (Lipinski definition) is 2. The van der Waals surface area contributed by atoms with Crippen molar-refractivity contribution in [3.8, 4) is 0 Å². The maximum absolute atomic E-state index is 11.1. The van der Waals surface area contributed by atoms with Crippen molar-refractivity contribution in [3.05, 3.63) is 35.9 Å². The summed E-state index contributed by atoms with van der Waals surface area (Å²) in [6.07, 6.45) is 3.88. The van der Waals surface area contributed by atoms with Gasteiger partial charge in [-0.1, -0.05) is 50.1 Å². The van der Waals surface area contributed by atoms with Gasteiger partial charge in [0.25, 0.3) is 0 Å². The lowest BCUT2D eigenvalue weighted by Crippen LogP contribution is -2.39. The number of nitrogens with one attached hydrogen (secondary N) is 1. The highest BCUT2D eigenvalue weighted by atomic mass is 16.4. The first-order valence-electron chi connectivity index (χ1n) is 6.24. The molecule has 1 aromatic rings. The summed E-state index contributed by atoms with van der Waals surface area (Å²) < 4.78 is 0. The Labute approximate surface area is 103 Å². The van der Waals surface area contributed by atoms with Crippen LogP contribution < -0.4 is 5.32 Å². The molecule has 1 rings (SSSR count). The van der Waals surface area contributed by atoms with Crippen LogP contribution in [0.4, 0.5) is 0 Å². The van der Waals surface area contributed by atoms with E-state index in [1.165, 1.54) is 0 Å². The Morgan fingerprint density at radius 2 is 2.00 bits per heavy atom. The lowest BCUT2D eigenvalue weighted by Gasteiger charge is -2.14. The molecular formula is C14H21NO2. The second kappa shape index (κ2) is 7.85. The number of carboxylic acid groups (broad SMARTS) is 1. The molecule has 0 fully saturated rings. The summed E-state index contributed by atoms with van der Waals surface area (Å²) in [6, 6.07) is 9.26. The molecule has 3 heteroatoms. The summed E-state index contributed by atoms with van der Waals surface area (Å²) in [5.41, 5.74) is 1.06. The molecular weight excluding hydrogens is 214 g/mol. The van der Waals surface area contributed by atoms with Crippen LogP contribution in [-0.2, 0) is 11.2 Å². The smallest absolute Gasteiger partial charge is 0.321 e. The number of hydrogen-bond donors (Lipinski definition) is 2. The Kier molecular flexibility index (Phi) is 6.33. The van der Waals surface area contributed by atoms with E-state index in [-0.39, 0.29) is 0 Å². The molecule has 17 heavy (non-hydrogen) atoms. The quantitative estimate of drug-likeness (QED) is 0.680. The number of carboxylic acids is 1. The van der Waals surface area contributed by atoms with Gasteiger partial charge >= 0.3 is 5.97 Å². The van der Waals surface area contributed by atoms with Crippen LogP contribution in [0.3, 0.4) is 0 Å². The minimum Gasteiger partial charge on any atom is -0.480 e. The monoisotopic (exact) mass is 235 g/mol. The lowest BCUT2D eigenvalue weighted by atomic mass is 10.1. The molecule has 94 valence electrons. The zero-order valence-electron chi connectivity index (χ0n) is 10.4. The SMILES string of the molecule is CCCCCN[C@@H](Cc1ccccc1)C(=O)O. The highest BCUT2D eigenvalue weighted by molar-refractivity contribution is 5.73. The first-order chi connectivity index (χ1) is 8.24. The normalized spacial score (nSPS) is 12.3. The Hall–Kier alpha value is -1.35. The van der Waals surface area contributed by atoms with Gasteiger partial charge in [-0.05, 0) is 24.9 Å². The van der Waals surface area contributed by atoms with E-state index >= 15 is 0 Å². The first kappa shape index (κ1) is 13.7. The molecule has 0 bridgehead atoms. The fraction of sp³-hybridized carbons (Fsp3) is 0.500. The molecule has 0 aliphatic heterocycles. The Morgan fingerprint density at radius 3 is 2.59 bits per heavy atom. The van der Waals surface area contributed by atoms with Gasteiger partial charge in [0.1, 0.15) is 6.04 Å². The van der Waals surface area contributed by atoms with Gasteiger partial charge in [-0.15, -0.1) is 0 Å². The van der Waals surface area contributed by atoms with Crippen molar-refractivity contribution in [2.45, 2.75) is 38.6 Å². The molecule has 1 aromatic carbocycles. The van der Waals surface area contributed by atoms with Crippen molar-refractivity contribution in [2.24, 2.45) is 0 Å². The van der Waals surface area contributed by atoms with Crippen LogP contribution in [0.25, 0.3) is 0 Å². The third-order valence-corrected chi connectivity index (χ3v) is 2.75. The fourth-order valence-electron chi connectivity index (χ4n) is 1.75. The van der Waals surface area contributed by atoms with Crippen molar-refractivity contribution >= 4 is 5.97 Å². The first-order valence-corrected chi connectivity index (χ1v) is 6.24. The lowest BCUT2D eigenvalue weighted by molar-refractivity contribution is -0.139. The topological polar surface area (TPSA) is 49.3 Å². The van der Waals surface area contributed by atoms with E-state index in [0.29, 0.717) is 6.42 Å². The van der Waals surface area contributed by atoms with Crippen LogP contribution in [0.5, 0.6) is 0 Å². The van der Waals surface area contributed by atoms with Gasteiger partial charge in [-0.25, -0.2) is 0 Å². The highest BCUT2D eigenvalue weighted by Gasteiger charge is 2.16. The minimum absolute atomic E-state index is 0.478. The second-order valence-corrected chi connectivity index (χ2v) is 4.24. The van der Waals surface area contributed by atoms with Gasteiger partial charge in [-0.2, -0.15) is 0 Å². The fourth-order valence-corrected chi connectivity index (χ4v) is 1.75. The average Bonchev–Trinajstić information content (AvgIpc) is 2.34. The molecule has 0 aliphatic carbocycles. The molecule has 3 nitrogen and oxygen atoms in total. The summed E-state index contributed by atoms with van der Waals surface area (Å²) in [7, 11) is 0. The molecule has 0 aliphatic rings. The van der Waals surface area contributed by atoms with Gasteiger partial charge in [0.05, 0.1) is 0 Å². The van der Waals surface area contributed by atoms with Gasteiger partial charge in [-0.3, -0.25) is 4.79 Å². The summed E-state index contributed by atoms with van der Waals surface area (Å²) in [4.78, 5) is 11.1. The zero-order chi connectivity index (χ0) is 12.5. The Balaban J connectivity index is 2.41. The molecule has 1 atom stereocenters. The van der Waals surface area contributed by atoms with E-state index in [9.17, 15) is 4.79 Å². The number of unbranched alkanes of at least 4 members (excludes halogenated alkanes) is 2. The van der Waals surface area contributed by atoms with Crippen LogP contribution >= 0.6 is 0 Å². The van der Waals surface area contributed by atoms with Crippen molar-refractivity contribution in [1.82, 2.24) is 5.32 Å². The number of aliphatic carboxylic acids is 1. The van der Waals surface area contributed by atoms with Crippen LogP contribution in [0.2, 0.25) is 0 Å². The van der Waals surface area contributed by atoms with Crippen LogP contribution in [-0.4, -0.2) is 23.7 Å². The minimum atomic E-state index is -0.773. The van der Waals surface area contributed by atoms with E-state index in [4.69, 9.17) is 5.11 Å². The molecule has 0 spiro atoms. The van der Waals surface area contributed by atoms with Gasteiger partial charge in [0.2, 0.25) is 0 Å². The third-order valence-electron chi connectivity index (χ3n) is 2.75. The highest BCUT2D eigenvalue weighted by Crippen LogP contribution is 2.04. The Morgan fingerprint density at radius 1 is 1.29 bits per heavy atom.